The van der Waals surface area contributed by atoms with Crippen molar-refractivity contribution in [2.24, 2.45) is 0 Å². The van der Waals surface area contributed by atoms with Crippen molar-refractivity contribution in [3.05, 3.63) is 121 Å². The summed E-state index contributed by atoms with van der Waals surface area (Å²) in [7, 11) is 0. The summed E-state index contributed by atoms with van der Waals surface area (Å²) in [5.74, 6) is -0.394. The van der Waals surface area contributed by atoms with Crippen molar-refractivity contribution in [2.75, 3.05) is 5.32 Å². The number of anilines is 1. The van der Waals surface area contributed by atoms with Crippen molar-refractivity contribution in [3.8, 4) is 33.6 Å². The molecule has 0 aliphatic rings. The Labute approximate surface area is 234 Å². The molecule has 41 heavy (non-hydrogen) atoms. The van der Waals surface area contributed by atoms with E-state index in [2.05, 4.69) is 30.5 Å². The summed E-state index contributed by atoms with van der Waals surface area (Å²) in [6.45, 7) is 0. The number of carbonyl (C=O) groups excluding carboxylic acids is 1. The zero-order chi connectivity index (χ0) is 27.8. The average Bonchev–Trinajstić information content (AvgIpc) is 3.62. The minimum atomic E-state index is -0.287. The predicted octanol–water partition coefficient (Wildman–Crippen LogP) is 7.16. The molecule has 0 saturated carbocycles. The number of hydrogen-bond donors (Lipinski definition) is 3. The molecule has 0 saturated heterocycles. The average molecular weight is 539 g/mol. The minimum absolute atomic E-state index is 0.107. The van der Waals surface area contributed by atoms with Crippen LogP contribution in [0.3, 0.4) is 0 Å². The molecular weight excluding hydrogens is 515 g/mol. The van der Waals surface area contributed by atoms with Crippen LogP contribution in [-0.2, 0) is 11.2 Å². The number of pyridine rings is 2. The maximum Gasteiger partial charge on any atom is 0.228 e. The van der Waals surface area contributed by atoms with E-state index in [4.69, 9.17) is 0 Å². The first-order chi connectivity index (χ1) is 20.1. The Balaban J connectivity index is 1.22. The molecule has 1 amide bonds. The molecule has 4 aromatic heterocycles. The molecule has 3 N–H and O–H groups in total. The monoisotopic (exact) mass is 538 g/mol. The van der Waals surface area contributed by atoms with Gasteiger partial charge in [-0.3, -0.25) is 14.9 Å². The van der Waals surface area contributed by atoms with Gasteiger partial charge in [-0.25, -0.2) is 9.37 Å². The molecule has 0 spiro atoms. The van der Waals surface area contributed by atoms with Crippen LogP contribution >= 0.6 is 0 Å². The Morgan fingerprint density at radius 2 is 1.68 bits per heavy atom. The maximum atomic E-state index is 14.6. The van der Waals surface area contributed by atoms with Crippen molar-refractivity contribution in [1.82, 2.24) is 25.1 Å². The lowest BCUT2D eigenvalue weighted by molar-refractivity contribution is -0.115. The SMILES string of the molecule is O=C(Cc1ccccc1)Nc1cncc(-c2ccc3[nH]nc(-c4cc5c(-c6ccccc6F)ccnc5[nH]4)c3c2)c1. The van der Waals surface area contributed by atoms with Crippen molar-refractivity contribution >= 4 is 33.5 Å². The van der Waals surface area contributed by atoms with Gasteiger partial charge < -0.3 is 10.3 Å². The van der Waals surface area contributed by atoms with E-state index >= 15 is 0 Å². The fourth-order valence-corrected chi connectivity index (χ4v) is 5.12. The highest BCUT2D eigenvalue weighted by Gasteiger charge is 2.16. The first-order valence-electron chi connectivity index (χ1n) is 13.1. The van der Waals surface area contributed by atoms with E-state index in [1.54, 1.807) is 30.7 Å². The van der Waals surface area contributed by atoms with Gasteiger partial charge in [-0.2, -0.15) is 5.10 Å². The summed E-state index contributed by atoms with van der Waals surface area (Å²) < 4.78 is 14.6. The number of nitrogens with zero attached hydrogens (tertiary/aromatic N) is 3. The molecule has 0 aliphatic heterocycles. The van der Waals surface area contributed by atoms with Crippen molar-refractivity contribution in [3.63, 3.8) is 0 Å². The predicted molar refractivity (Wildman–Crippen MR) is 159 cm³/mol. The van der Waals surface area contributed by atoms with Crippen LogP contribution in [0.4, 0.5) is 10.1 Å². The quantitative estimate of drug-likeness (QED) is 0.209. The number of halogens is 1. The lowest BCUT2D eigenvalue weighted by atomic mass is 10.0. The lowest BCUT2D eigenvalue weighted by Gasteiger charge is -2.08. The van der Waals surface area contributed by atoms with Gasteiger partial charge in [0, 0.05) is 34.3 Å². The summed E-state index contributed by atoms with van der Waals surface area (Å²) in [6, 6.07) is 28.0. The Hall–Kier alpha value is -5.63. The Morgan fingerprint density at radius 1 is 0.829 bits per heavy atom. The van der Waals surface area contributed by atoms with Crippen LogP contribution in [0, 0.1) is 5.82 Å². The van der Waals surface area contributed by atoms with Gasteiger partial charge in [0.25, 0.3) is 0 Å². The van der Waals surface area contributed by atoms with Gasteiger partial charge in [-0.15, -0.1) is 0 Å². The molecule has 7 aromatic rings. The number of H-pyrrole nitrogens is 2. The van der Waals surface area contributed by atoms with E-state index in [9.17, 15) is 9.18 Å². The van der Waals surface area contributed by atoms with Crippen molar-refractivity contribution in [1.29, 1.82) is 0 Å². The van der Waals surface area contributed by atoms with Gasteiger partial charge in [0.1, 0.15) is 17.2 Å². The van der Waals surface area contributed by atoms with Gasteiger partial charge in [0.15, 0.2) is 0 Å². The van der Waals surface area contributed by atoms with Crippen LogP contribution in [0.5, 0.6) is 0 Å². The van der Waals surface area contributed by atoms with E-state index in [1.807, 2.05) is 72.8 Å². The molecule has 0 atom stereocenters. The first kappa shape index (κ1) is 24.4. The number of aromatic amines is 2. The topological polar surface area (TPSA) is 99.3 Å². The van der Waals surface area contributed by atoms with E-state index in [-0.39, 0.29) is 18.1 Å². The Kier molecular flexibility index (Phi) is 6.05. The molecule has 4 heterocycles. The van der Waals surface area contributed by atoms with Crippen molar-refractivity contribution < 1.29 is 9.18 Å². The van der Waals surface area contributed by atoms with Gasteiger partial charge in [-0.1, -0.05) is 54.6 Å². The third-order valence-electron chi connectivity index (χ3n) is 7.08. The summed E-state index contributed by atoms with van der Waals surface area (Å²) in [4.78, 5) is 24.8. The second-order valence-corrected chi connectivity index (χ2v) is 9.79. The van der Waals surface area contributed by atoms with Crippen LogP contribution in [0.2, 0.25) is 0 Å². The molecule has 3 aromatic carbocycles. The maximum absolute atomic E-state index is 14.6. The molecule has 0 aliphatic carbocycles. The first-order valence-corrected chi connectivity index (χ1v) is 13.1. The second kappa shape index (κ2) is 10.2. The fraction of sp³-hybridized carbons (Fsp3) is 0.0303. The number of amides is 1. The number of benzene rings is 3. The van der Waals surface area contributed by atoms with Crippen molar-refractivity contribution in [2.45, 2.75) is 6.42 Å². The summed E-state index contributed by atoms with van der Waals surface area (Å²) in [5.41, 5.74) is 7.63. The normalized spacial score (nSPS) is 11.2. The van der Waals surface area contributed by atoms with Crippen LogP contribution < -0.4 is 5.32 Å². The molecule has 0 fully saturated rings. The van der Waals surface area contributed by atoms with E-state index < -0.39 is 0 Å². The zero-order valence-corrected chi connectivity index (χ0v) is 21.7. The second-order valence-electron chi connectivity index (χ2n) is 9.79. The minimum Gasteiger partial charge on any atom is -0.338 e. The van der Waals surface area contributed by atoms with Crippen LogP contribution in [0.25, 0.3) is 55.6 Å². The smallest absolute Gasteiger partial charge is 0.228 e. The molecule has 198 valence electrons. The highest BCUT2D eigenvalue weighted by atomic mass is 19.1. The third kappa shape index (κ3) is 4.72. The van der Waals surface area contributed by atoms with Crippen LogP contribution in [0.15, 0.2) is 110 Å². The molecule has 0 unspecified atom stereocenters. The van der Waals surface area contributed by atoms with Gasteiger partial charge >= 0.3 is 0 Å². The molecular formula is C33H23FN6O. The number of aromatic nitrogens is 5. The lowest BCUT2D eigenvalue weighted by Crippen LogP contribution is -2.14. The van der Waals surface area contributed by atoms with Gasteiger partial charge in [0.05, 0.1) is 29.5 Å². The Bertz CT molecular complexity index is 2050. The highest BCUT2D eigenvalue weighted by molar-refractivity contribution is 6.01. The largest absolute Gasteiger partial charge is 0.338 e. The van der Waals surface area contributed by atoms with E-state index in [0.717, 1.165) is 49.9 Å². The van der Waals surface area contributed by atoms with Gasteiger partial charge in [-0.05, 0) is 53.1 Å². The zero-order valence-electron chi connectivity index (χ0n) is 21.7. The summed E-state index contributed by atoms with van der Waals surface area (Å²) in [6.07, 6.45) is 5.36. The molecule has 0 bridgehead atoms. The third-order valence-corrected chi connectivity index (χ3v) is 7.08. The van der Waals surface area contributed by atoms with Crippen LogP contribution in [-0.4, -0.2) is 31.1 Å². The summed E-state index contributed by atoms with van der Waals surface area (Å²) >= 11 is 0. The number of hydrogen-bond acceptors (Lipinski definition) is 4. The number of rotatable bonds is 6. The van der Waals surface area contributed by atoms with Crippen LogP contribution in [0.1, 0.15) is 5.56 Å². The highest BCUT2D eigenvalue weighted by Crippen LogP contribution is 2.35. The number of nitrogens with one attached hydrogen (secondary N) is 3. The standard InChI is InChI=1S/C33H23FN6O/c34-28-9-5-4-8-25(28)24-12-13-36-33-26(24)17-30(38-33)32-27-16-21(10-11-29(27)39-40-32)22-15-23(19-35-18-22)37-31(41)14-20-6-2-1-3-7-20/h1-13,15-19H,14H2,(H,36,38)(H,37,41)(H,39,40). The van der Waals surface area contributed by atoms with E-state index in [1.165, 1.54) is 6.07 Å². The molecule has 0 radical (unpaired) electrons. The number of carbonyl (C=O) groups is 1. The summed E-state index contributed by atoms with van der Waals surface area (Å²) in [5, 5.41) is 12.3. The fourth-order valence-electron chi connectivity index (χ4n) is 5.12. The number of fused-ring (bicyclic) bond motifs is 2. The molecule has 7 rings (SSSR count). The molecule has 7 nitrogen and oxygen atoms in total. The Morgan fingerprint density at radius 3 is 2.56 bits per heavy atom. The van der Waals surface area contributed by atoms with Gasteiger partial charge in [0.2, 0.25) is 5.91 Å². The van der Waals surface area contributed by atoms with E-state index in [0.29, 0.717) is 16.9 Å². The molecule has 8 heteroatoms.